The molecule has 4 rings (SSSR count). The maximum atomic E-state index is 12.3. The molecule has 3 heterocycles. The number of pyridine rings is 1. The summed E-state index contributed by atoms with van der Waals surface area (Å²) in [6.07, 6.45) is 3.85. The first-order chi connectivity index (χ1) is 15.1. The SMILES string of the molecule is CCN(c1cc(-c2ccc(N3CCOCC3)nc2)cc(C(N)=O)c1C)C1CCOCC1. The predicted molar refractivity (Wildman–Crippen MR) is 123 cm³/mol. The fourth-order valence-corrected chi connectivity index (χ4v) is 4.58. The van der Waals surface area contributed by atoms with Crippen LogP contribution in [0.25, 0.3) is 11.1 Å². The summed E-state index contributed by atoms with van der Waals surface area (Å²) in [4.78, 5) is 21.6. The predicted octanol–water partition coefficient (Wildman–Crippen LogP) is 3.00. The first kappa shape index (κ1) is 21.6. The topological polar surface area (TPSA) is 80.9 Å². The lowest BCUT2D eigenvalue weighted by Gasteiger charge is -2.37. The minimum Gasteiger partial charge on any atom is -0.381 e. The molecule has 1 aromatic heterocycles. The third-order valence-electron chi connectivity index (χ3n) is 6.34. The smallest absolute Gasteiger partial charge is 0.249 e. The summed E-state index contributed by atoms with van der Waals surface area (Å²) in [5.74, 6) is 0.549. The van der Waals surface area contributed by atoms with Crippen molar-refractivity contribution in [3.63, 3.8) is 0 Å². The summed E-state index contributed by atoms with van der Waals surface area (Å²) in [6, 6.07) is 8.58. The lowest BCUT2D eigenvalue weighted by molar-refractivity contribution is 0.0846. The van der Waals surface area contributed by atoms with Crippen LogP contribution in [0, 0.1) is 6.92 Å². The van der Waals surface area contributed by atoms with Crippen LogP contribution in [0.15, 0.2) is 30.5 Å². The first-order valence-corrected chi connectivity index (χ1v) is 11.2. The highest BCUT2D eigenvalue weighted by Crippen LogP contribution is 2.34. The van der Waals surface area contributed by atoms with Crippen LogP contribution in [0.2, 0.25) is 0 Å². The zero-order valence-corrected chi connectivity index (χ0v) is 18.5. The normalized spacial score (nSPS) is 17.5. The summed E-state index contributed by atoms with van der Waals surface area (Å²) in [6.45, 7) is 9.71. The van der Waals surface area contributed by atoms with Gasteiger partial charge in [-0.25, -0.2) is 4.98 Å². The van der Waals surface area contributed by atoms with Gasteiger partial charge >= 0.3 is 0 Å². The Bertz CT molecular complexity index is 904. The maximum Gasteiger partial charge on any atom is 0.249 e. The maximum absolute atomic E-state index is 12.3. The third-order valence-corrected chi connectivity index (χ3v) is 6.34. The third kappa shape index (κ3) is 4.67. The van der Waals surface area contributed by atoms with Crippen LogP contribution in [0.4, 0.5) is 11.5 Å². The number of aromatic nitrogens is 1. The molecule has 2 saturated heterocycles. The highest BCUT2D eigenvalue weighted by molar-refractivity contribution is 5.97. The van der Waals surface area contributed by atoms with Gasteiger partial charge in [-0.2, -0.15) is 0 Å². The fourth-order valence-electron chi connectivity index (χ4n) is 4.58. The van der Waals surface area contributed by atoms with E-state index in [2.05, 4.69) is 33.8 Å². The summed E-state index contributed by atoms with van der Waals surface area (Å²) in [5, 5.41) is 0. The molecule has 2 aliphatic rings. The Morgan fingerprint density at radius 1 is 1.13 bits per heavy atom. The Labute approximate surface area is 184 Å². The van der Waals surface area contributed by atoms with Gasteiger partial charge in [0, 0.05) is 61.9 Å². The number of ether oxygens (including phenoxy) is 2. The summed E-state index contributed by atoms with van der Waals surface area (Å²) < 4.78 is 11.0. The average Bonchev–Trinajstić information content (AvgIpc) is 2.82. The van der Waals surface area contributed by atoms with Crippen molar-refractivity contribution < 1.29 is 14.3 Å². The number of benzene rings is 1. The lowest BCUT2D eigenvalue weighted by Crippen LogP contribution is -2.40. The molecule has 0 spiro atoms. The fraction of sp³-hybridized carbons (Fsp3) is 0.500. The standard InChI is InChI=1S/C24H32N4O3/c1-3-28(20-6-10-30-11-7-20)22-15-19(14-21(17(22)2)24(25)29)18-4-5-23(26-16-18)27-8-12-31-13-9-27/h4-5,14-16,20H,3,6-13H2,1-2H3,(H2,25,29). The highest BCUT2D eigenvalue weighted by Gasteiger charge is 2.24. The molecule has 7 nitrogen and oxygen atoms in total. The lowest BCUT2D eigenvalue weighted by atomic mass is 9.96. The number of hydrogen-bond acceptors (Lipinski definition) is 6. The zero-order valence-electron chi connectivity index (χ0n) is 18.5. The van der Waals surface area contributed by atoms with Crippen LogP contribution in [-0.2, 0) is 9.47 Å². The summed E-state index contributed by atoms with van der Waals surface area (Å²) >= 11 is 0. The van der Waals surface area contributed by atoms with Gasteiger partial charge in [-0.05, 0) is 62.1 Å². The Morgan fingerprint density at radius 3 is 2.45 bits per heavy atom. The second-order valence-electron chi connectivity index (χ2n) is 8.17. The zero-order chi connectivity index (χ0) is 21.8. The van der Waals surface area contributed by atoms with Crippen LogP contribution in [0.5, 0.6) is 0 Å². The number of amides is 1. The van der Waals surface area contributed by atoms with Crippen molar-refractivity contribution in [2.24, 2.45) is 5.73 Å². The van der Waals surface area contributed by atoms with Gasteiger partial charge in [-0.15, -0.1) is 0 Å². The van der Waals surface area contributed by atoms with Gasteiger partial charge in [-0.1, -0.05) is 0 Å². The number of primary amides is 1. The van der Waals surface area contributed by atoms with E-state index in [0.29, 0.717) is 11.6 Å². The van der Waals surface area contributed by atoms with E-state index >= 15 is 0 Å². The number of carbonyl (C=O) groups excluding carboxylic acids is 1. The van der Waals surface area contributed by atoms with Gasteiger partial charge in [0.25, 0.3) is 0 Å². The van der Waals surface area contributed by atoms with E-state index in [-0.39, 0.29) is 0 Å². The van der Waals surface area contributed by atoms with Crippen LogP contribution < -0.4 is 15.5 Å². The number of rotatable bonds is 6. The van der Waals surface area contributed by atoms with Gasteiger partial charge in [-0.3, -0.25) is 4.79 Å². The minimum atomic E-state index is -0.401. The Morgan fingerprint density at radius 2 is 1.84 bits per heavy atom. The van der Waals surface area contributed by atoms with Crippen LogP contribution in [-0.4, -0.2) is 63.0 Å². The van der Waals surface area contributed by atoms with E-state index < -0.39 is 5.91 Å². The molecule has 2 aliphatic heterocycles. The molecule has 2 N–H and O–H groups in total. The van der Waals surface area contributed by atoms with E-state index in [1.54, 1.807) is 0 Å². The molecule has 0 atom stereocenters. The van der Waals surface area contributed by atoms with Gasteiger partial charge in [0.1, 0.15) is 5.82 Å². The monoisotopic (exact) mass is 424 g/mol. The Kier molecular flexibility index (Phi) is 6.73. The largest absolute Gasteiger partial charge is 0.381 e. The molecule has 7 heteroatoms. The van der Waals surface area contributed by atoms with Crippen molar-refractivity contribution in [1.82, 2.24) is 4.98 Å². The number of nitrogens with zero attached hydrogens (tertiary/aromatic N) is 3. The first-order valence-electron chi connectivity index (χ1n) is 11.2. The quantitative estimate of drug-likeness (QED) is 0.768. The molecule has 0 aliphatic carbocycles. The molecular weight excluding hydrogens is 392 g/mol. The molecule has 31 heavy (non-hydrogen) atoms. The minimum absolute atomic E-state index is 0.398. The molecule has 1 aromatic carbocycles. The number of nitrogens with two attached hydrogens (primary N) is 1. The molecule has 1 amide bonds. The van der Waals surface area contributed by atoms with E-state index in [1.807, 2.05) is 25.3 Å². The van der Waals surface area contributed by atoms with Crippen molar-refractivity contribution in [1.29, 1.82) is 0 Å². The second kappa shape index (κ2) is 9.66. The molecule has 166 valence electrons. The Balaban J connectivity index is 1.69. The number of anilines is 2. The van der Waals surface area contributed by atoms with Gasteiger partial charge in [0.15, 0.2) is 0 Å². The van der Waals surface area contributed by atoms with E-state index in [0.717, 1.165) is 87.1 Å². The van der Waals surface area contributed by atoms with E-state index in [4.69, 9.17) is 15.2 Å². The van der Waals surface area contributed by atoms with Gasteiger partial charge in [0.05, 0.1) is 13.2 Å². The average molecular weight is 425 g/mol. The molecule has 0 unspecified atom stereocenters. The van der Waals surface area contributed by atoms with Gasteiger partial charge in [0.2, 0.25) is 5.91 Å². The van der Waals surface area contributed by atoms with E-state index in [9.17, 15) is 4.79 Å². The van der Waals surface area contributed by atoms with Crippen LogP contribution >= 0.6 is 0 Å². The molecule has 2 aromatic rings. The second-order valence-corrected chi connectivity index (χ2v) is 8.17. The highest BCUT2D eigenvalue weighted by atomic mass is 16.5. The van der Waals surface area contributed by atoms with Crippen molar-refractivity contribution >= 4 is 17.4 Å². The summed E-state index contributed by atoms with van der Waals surface area (Å²) in [7, 11) is 0. The number of morpholine rings is 1. The van der Waals surface area contributed by atoms with E-state index in [1.165, 1.54) is 0 Å². The van der Waals surface area contributed by atoms with Crippen molar-refractivity contribution in [3.05, 3.63) is 41.6 Å². The number of carbonyl (C=O) groups is 1. The van der Waals surface area contributed by atoms with Gasteiger partial charge < -0.3 is 25.0 Å². The molecule has 0 radical (unpaired) electrons. The van der Waals surface area contributed by atoms with Crippen LogP contribution in [0.3, 0.4) is 0 Å². The van der Waals surface area contributed by atoms with Crippen molar-refractivity contribution in [2.75, 3.05) is 55.9 Å². The van der Waals surface area contributed by atoms with Crippen LogP contribution in [0.1, 0.15) is 35.7 Å². The molecule has 2 fully saturated rings. The van der Waals surface area contributed by atoms with Crippen molar-refractivity contribution in [2.45, 2.75) is 32.7 Å². The Hall–Kier alpha value is -2.64. The summed E-state index contributed by atoms with van der Waals surface area (Å²) in [5.41, 5.74) is 10.3. The number of hydrogen-bond donors (Lipinski definition) is 1. The molecule has 0 saturated carbocycles. The molecular formula is C24H32N4O3. The van der Waals surface area contributed by atoms with Crippen molar-refractivity contribution in [3.8, 4) is 11.1 Å². The molecule has 0 bridgehead atoms.